The van der Waals surface area contributed by atoms with Gasteiger partial charge in [0.1, 0.15) is 0 Å². The Balaban J connectivity index is 2.46. The van der Waals surface area contributed by atoms with Crippen LogP contribution >= 0.6 is 0 Å². The minimum absolute atomic E-state index is 0.00836. The molecule has 0 fully saturated rings. The predicted octanol–water partition coefficient (Wildman–Crippen LogP) is -0.280. The van der Waals surface area contributed by atoms with Gasteiger partial charge in [-0.25, -0.2) is 0 Å². The van der Waals surface area contributed by atoms with Crippen LogP contribution in [0.1, 0.15) is 12.1 Å². The summed E-state index contributed by atoms with van der Waals surface area (Å²) in [4.78, 5) is 15.8. The molecule has 1 atom stereocenters. The Morgan fingerprint density at radius 2 is 2.39 bits per heavy atom. The highest BCUT2D eigenvalue weighted by molar-refractivity contribution is 5.78. The molecule has 0 radical (unpaired) electrons. The highest BCUT2D eigenvalue weighted by Gasteiger charge is 2.12. The lowest BCUT2D eigenvalue weighted by Crippen LogP contribution is -2.39. The third kappa shape index (κ3) is 5.11. The minimum Gasteiger partial charge on any atom is -0.397 e. The molecule has 0 bridgehead atoms. The van der Waals surface area contributed by atoms with Gasteiger partial charge in [-0.2, -0.15) is 0 Å². The van der Waals surface area contributed by atoms with Gasteiger partial charge in [-0.05, 0) is 18.6 Å². The third-order valence-electron chi connectivity index (χ3n) is 2.40. The number of carbonyl (C=O) groups excluding carboxylic acids is 1. The second kappa shape index (κ2) is 7.62. The Morgan fingerprint density at radius 3 is 2.94 bits per heavy atom. The van der Waals surface area contributed by atoms with Crippen LogP contribution in [-0.2, 0) is 16.0 Å². The number of aliphatic hydroxyl groups excluding tert-OH is 1. The first kappa shape index (κ1) is 14.4. The zero-order chi connectivity index (χ0) is 13.4. The maximum atomic E-state index is 11.7. The number of aliphatic hydroxyl groups is 1. The molecule has 1 heterocycles. The van der Waals surface area contributed by atoms with E-state index in [0.717, 1.165) is 0 Å². The molecule has 0 aliphatic heterocycles. The third-order valence-corrected chi connectivity index (χ3v) is 2.40. The zero-order valence-electron chi connectivity index (χ0n) is 10.4. The maximum absolute atomic E-state index is 11.7. The molecule has 1 rings (SSSR count). The lowest BCUT2D eigenvalue weighted by molar-refractivity contribution is -0.121. The van der Waals surface area contributed by atoms with E-state index >= 15 is 0 Å². The number of nitrogens with one attached hydrogen (secondary N) is 1. The number of ether oxygens (including phenoxy) is 1. The molecule has 0 saturated carbocycles. The van der Waals surface area contributed by atoms with E-state index in [2.05, 4.69) is 10.3 Å². The van der Waals surface area contributed by atoms with E-state index in [9.17, 15) is 4.79 Å². The van der Waals surface area contributed by atoms with Crippen LogP contribution < -0.4 is 11.1 Å². The quantitative estimate of drug-likeness (QED) is 0.621. The number of carbonyl (C=O) groups is 1. The smallest absolute Gasteiger partial charge is 0.226 e. The SMILES string of the molecule is COCC(CCO)NC(=O)Cc1ccc(N)cn1. The number of pyridine rings is 1. The summed E-state index contributed by atoms with van der Waals surface area (Å²) in [5, 5.41) is 11.7. The second-order valence-electron chi connectivity index (χ2n) is 3.99. The standard InChI is InChI=1S/C12H19N3O3/c1-18-8-11(4-5-16)15-12(17)6-10-3-2-9(13)7-14-10/h2-3,7,11,16H,4-6,8,13H2,1H3,(H,15,17). The molecule has 1 aromatic rings. The van der Waals surface area contributed by atoms with Gasteiger partial charge >= 0.3 is 0 Å². The minimum atomic E-state index is -0.179. The summed E-state index contributed by atoms with van der Waals surface area (Å²) in [5.41, 5.74) is 6.73. The number of amides is 1. The van der Waals surface area contributed by atoms with E-state index in [1.165, 1.54) is 6.20 Å². The normalized spacial score (nSPS) is 12.1. The molecule has 0 aliphatic carbocycles. The molecule has 0 saturated heterocycles. The number of rotatable bonds is 7. The van der Waals surface area contributed by atoms with E-state index in [-0.39, 0.29) is 25.0 Å². The number of hydrogen-bond donors (Lipinski definition) is 3. The van der Waals surface area contributed by atoms with Gasteiger partial charge in [-0.3, -0.25) is 9.78 Å². The van der Waals surface area contributed by atoms with E-state index in [1.807, 2.05) is 0 Å². The van der Waals surface area contributed by atoms with Crippen molar-refractivity contribution >= 4 is 11.6 Å². The van der Waals surface area contributed by atoms with Crippen molar-refractivity contribution in [1.29, 1.82) is 0 Å². The molecule has 100 valence electrons. The van der Waals surface area contributed by atoms with Gasteiger partial charge in [0.05, 0.1) is 31.0 Å². The Kier molecular flexibility index (Phi) is 6.10. The Hall–Kier alpha value is -1.66. The van der Waals surface area contributed by atoms with Crippen molar-refractivity contribution in [3.8, 4) is 0 Å². The molecule has 0 aromatic carbocycles. The van der Waals surface area contributed by atoms with Crippen LogP contribution in [0.4, 0.5) is 5.69 Å². The number of nitrogens with zero attached hydrogens (tertiary/aromatic N) is 1. The van der Waals surface area contributed by atoms with Gasteiger partial charge in [-0.15, -0.1) is 0 Å². The monoisotopic (exact) mass is 253 g/mol. The van der Waals surface area contributed by atoms with Crippen LogP contribution in [0.2, 0.25) is 0 Å². The fourth-order valence-corrected chi connectivity index (χ4v) is 1.54. The van der Waals surface area contributed by atoms with Gasteiger partial charge < -0.3 is 20.9 Å². The van der Waals surface area contributed by atoms with E-state index in [1.54, 1.807) is 19.2 Å². The van der Waals surface area contributed by atoms with E-state index in [4.69, 9.17) is 15.6 Å². The van der Waals surface area contributed by atoms with Gasteiger partial charge in [0.15, 0.2) is 0 Å². The molecule has 6 heteroatoms. The first-order chi connectivity index (χ1) is 8.65. The second-order valence-corrected chi connectivity index (χ2v) is 3.99. The molecule has 1 unspecified atom stereocenters. The number of aromatic nitrogens is 1. The Morgan fingerprint density at radius 1 is 1.61 bits per heavy atom. The molecular weight excluding hydrogens is 234 g/mol. The summed E-state index contributed by atoms with van der Waals surface area (Å²) >= 11 is 0. The highest BCUT2D eigenvalue weighted by atomic mass is 16.5. The molecule has 0 aliphatic rings. The number of nitrogens with two attached hydrogens (primary N) is 1. The fourth-order valence-electron chi connectivity index (χ4n) is 1.54. The summed E-state index contributed by atoms with van der Waals surface area (Å²) in [7, 11) is 1.55. The van der Waals surface area contributed by atoms with Crippen LogP contribution in [0.5, 0.6) is 0 Å². The van der Waals surface area contributed by atoms with Crippen LogP contribution in [0, 0.1) is 0 Å². The first-order valence-electron chi connectivity index (χ1n) is 5.75. The Bertz CT molecular complexity index is 361. The van der Waals surface area contributed by atoms with Crippen molar-refractivity contribution in [2.75, 3.05) is 26.1 Å². The van der Waals surface area contributed by atoms with Crippen molar-refractivity contribution < 1.29 is 14.6 Å². The van der Waals surface area contributed by atoms with Crippen molar-refractivity contribution in [3.63, 3.8) is 0 Å². The lowest BCUT2D eigenvalue weighted by Gasteiger charge is -2.16. The molecule has 18 heavy (non-hydrogen) atoms. The highest BCUT2D eigenvalue weighted by Crippen LogP contribution is 2.02. The molecule has 0 spiro atoms. The summed E-state index contributed by atoms with van der Waals surface area (Å²) in [6, 6.07) is 3.24. The summed E-state index contributed by atoms with van der Waals surface area (Å²) < 4.78 is 4.97. The Labute approximate surface area is 106 Å². The first-order valence-corrected chi connectivity index (χ1v) is 5.75. The van der Waals surface area contributed by atoms with Gasteiger partial charge in [0, 0.05) is 19.4 Å². The fraction of sp³-hybridized carbons (Fsp3) is 0.500. The van der Waals surface area contributed by atoms with Gasteiger partial charge in [0.25, 0.3) is 0 Å². The molecule has 1 aromatic heterocycles. The van der Waals surface area contributed by atoms with E-state index < -0.39 is 0 Å². The zero-order valence-corrected chi connectivity index (χ0v) is 10.4. The van der Waals surface area contributed by atoms with Crippen molar-refractivity contribution in [1.82, 2.24) is 10.3 Å². The number of hydrogen-bond acceptors (Lipinski definition) is 5. The lowest BCUT2D eigenvalue weighted by atomic mass is 10.2. The number of anilines is 1. The summed E-state index contributed by atoms with van der Waals surface area (Å²) in [6.07, 6.45) is 2.17. The van der Waals surface area contributed by atoms with Gasteiger partial charge in [-0.1, -0.05) is 0 Å². The average Bonchev–Trinajstić information content (AvgIpc) is 2.33. The van der Waals surface area contributed by atoms with Crippen LogP contribution in [-0.4, -0.2) is 42.4 Å². The van der Waals surface area contributed by atoms with E-state index in [0.29, 0.717) is 24.4 Å². The maximum Gasteiger partial charge on any atom is 0.226 e. The number of nitrogen functional groups attached to an aromatic ring is 1. The largest absolute Gasteiger partial charge is 0.397 e. The van der Waals surface area contributed by atoms with Gasteiger partial charge in [0.2, 0.25) is 5.91 Å². The van der Waals surface area contributed by atoms with Crippen LogP contribution in [0.25, 0.3) is 0 Å². The summed E-state index contributed by atoms with van der Waals surface area (Å²) in [6.45, 7) is 0.385. The molecular formula is C12H19N3O3. The number of methoxy groups -OCH3 is 1. The molecule has 1 amide bonds. The van der Waals surface area contributed by atoms with Crippen molar-refractivity contribution in [2.24, 2.45) is 0 Å². The van der Waals surface area contributed by atoms with Crippen LogP contribution in [0.3, 0.4) is 0 Å². The molecule has 4 N–H and O–H groups in total. The van der Waals surface area contributed by atoms with Crippen LogP contribution in [0.15, 0.2) is 18.3 Å². The predicted molar refractivity (Wildman–Crippen MR) is 67.9 cm³/mol. The van der Waals surface area contributed by atoms with Crippen molar-refractivity contribution in [3.05, 3.63) is 24.0 Å². The average molecular weight is 253 g/mol. The summed E-state index contributed by atoms with van der Waals surface area (Å²) in [5.74, 6) is -0.150. The topological polar surface area (TPSA) is 97.5 Å². The molecule has 6 nitrogen and oxygen atoms in total. The van der Waals surface area contributed by atoms with Crippen molar-refractivity contribution in [2.45, 2.75) is 18.9 Å².